The molecule has 0 saturated heterocycles. The molecule has 15 heavy (non-hydrogen) atoms. The molecule has 0 aliphatic heterocycles. The summed E-state index contributed by atoms with van der Waals surface area (Å²) in [7, 11) is 0. The molecular formula is C10H10ClN3O. The maximum absolute atomic E-state index is 11.1. The van der Waals surface area contributed by atoms with E-state index >= 15 is 0 Å². The molecule has 1 heterocycles. The van der Waals surface area contributed by atoms with Crippen molar-refractivity contribution >= 4 is 34.2 Å². The number of aromatic amines is 1. The van der Waals surface area contributed by atoms with Gasteiger partial charge < -0.3 is 10.3 Å². The number of fused-ring (bicyclic) bond motifs is 1. The molecule has 2 aromatic rings. The van der Waals surface area contributed by atoms with Crippen molar-refractivity contribution in [2.75, 3.05) is 11.2 Å². The van der Waals surface area contributed by atoms with Gasteiger partial charge in [-0.1, -0.05) is 0 Å². The Hall–Kier alpha value is -1.55. The number of hydrogen-bond donors (Lipinski definition) is 2. The van der Waals surface area contributed by atoms with Crippen LogP contribution >= 0.6 is 11.6 Å². The number of rotatable bonds is 2. The third-order valence-electron chi connectivity index (χ3n) is 2.01. The van der Waals surface area contributed by atoms with Crippen molar-refractivity contribution in [2.24, 2.45) is 0 Å². The van der Waals surface area contributed by atoms with Crippen molar-refractivity contribution in [1.29, 1.82) is 0 Å². The third-order valence-corrected chi connectivity index (χ3v) is 2.25. The lowest BCUT2D eigenvalue weighted by Crippen LogP contribution is -2.12. The van der Waals surface area contributed by atoms with Crippen LogP contribution in [0.15, 0.2) is 18.2 Å². The van der Waals surface area contributed by atoms with E-state index in [1.807, 2.05) is 19.1 Å². The van der Waals surface area contributed by atoms with E-state index in [-0.39, 0.29) is 11.8 Å². The predicted octanol–water partition coefficient (Wildman–Crippen LogP) is 2.05. The van der Waals surface area contributed by atoms with E-state index in [1.54, 1.807) is 6.07 Å². The number of amides is 1. The number of nitrogens with zero attached hydrogens (tertiary/aromatic N) is 1. The number of aromatic nitrogens is 2. The Morgan fingerprint density at radius 3 is 3.13 bits per heavy atom. The molecule has 0 saturated carbocycles. The third kappa shape index (κ3) is 2.10. The first-order chi connectivity index (χ1) is 7.19. The van der Waals surface area contributed by atoms with Gasteiger partial charge in [-0.25, -0.2) is 4.98 Å². The maximum atomic E-state index is 11.1. The second-order valence-electron chi connectivity index (χ2n) is 3.24. The van der Waals surface area contributed by atoms with Crippen molar-refractivity contribution in [2.45, 2.75) is 6.92 Å². The predicted molar refractivity (Wildman–Crippen MR) is 60.2 cm³/mol. The topological polar surface area (TPSA) is 57.8 Å². The molecule has 2 N–H and O–H groups in total. The van der Waals surface area contributed by atoms with Crippen LogP contribution in [0.5, 0.6) is 0 Å². The molecule has 1 aromatic carbocycles. The average molecular weight is 224 g/mol. The number of nitrogens with one attached hydrogen (secondary N) is 2. The zero-order valence-electron chi connectivity index (χ0n) is 8.17. The van der Waals surface area contributed by atoms with Crippen LogP contribution in [0.25, 0.3) is 11.0 Å². The summed E-state index contributed by atoms with van der Waals surface area (Å²) in [5.74, 6) is 0.595. The smallest absolute Gasteiger partial charge is 0.239 e. The molecule has 2 rings (SSSR count). The lowest BCUT2D eigenvalue weighted by Gasteiger charge is -2.01. The minimum Gasteiger partial charge on any atom is -0.342 e. The largest absolute Gasteiger partial charge is 0.342 e. The average Bonchev–Trinajstić information content (AvgIpc) is 2.57. The lowest BCUT2D eigenvalue weighted by atomic mass is 10.3. The molecule has 0 fully saturated rings. The highest BCUT2D eigenvalue weighted by Crippen LogP contribution is 2.16. The van der Waals surface area contributed by atoms with Crippen LogP contribution in [0.3, 0.4) is 0 Å². The number of alkyl halides is 1. The molecule has 1 aromatic heterocycles. The van der Waals surface area contributed by atoms with Crippen LogP contribution in [-0.2, 0) is 4.79 Å². The zero-order chi connectivity index (χ0) is 10.8. The van der Waals surface area contributed by atoms with Gasteiger partial charge in [0.2, 0.25) is 5.91 Å². The zero-order valence-corrected chi connectivity index (χ0v) is 8.93. The van der Waals surface area contributed by atoms with Crippen LogP contribution in [0.2, 0.25) is 0 Å². The normalized spacial score (nSPS) is 10.5. The summed E-state index contributed by atoms with van der Waals surface area (Å²) >= 11 is 5.39. The van der Waals surface area contributed by atoms with Crippen LogP contribution in [0, 0.1) is 6.92 Å². The summed E-state index contributed by atoms with van der Waals surface area (Å²) in [5.41, 5.74) is 2.51. The fourth-order valence-corrected chi connectivity index (χ4v) is 1.48. The summed E-state index contributed by atoms with van der Waals surface area (Å²) in [5, 5.41) is 2.67. The molecule has 78 valence electrons. The Kier molecular flexibility index (Phi) is 2.60. The number of hydrogen-bond acceptors (Lipinski definition) is 2. The van der Waals surface area contributed by atoms with Crippen LogP contribution in [0.1, 0.15) is 5.82 Å². The van der Waals surface area contributed by atoms with Gasteiger partial charge in [-0.15, -0.1) is 11.6 Å². The molecule has 0 aliphatic rings. The van der Waals surface area contributed by atoms with Crippen LogP contribution < -0.4 is 5.32 Å². The molecule has 0 radical (unpaired) electrons. The fourth-order valence-electron chi connectivity index (χ4n) is 1.41. The van der Waals surface area contributed by atoms with Gasteiger partial charge >= 0.3 is 0 Å². The summed E-state index contributed by atoms with van der Waals surface area (Å²) < 4.78 is 0. The molecule has 5 heteroatoms. The van der Waals surface area contributed by atoms with Gasteiger partial charge in [0.1, 0.15) is 11.7 Å². The SMILES string of the molecule is Cc1nc2ccc(NC(=O)CCl)cc2[nH]1. The monoisotopic (exact) mass is 223 g/mol. The van der Waals surface area contributed by atoms with E-state index in [9.17, 15) is 4.79 Å². The molecule has 1 amide bonds. The van der Waals surface area contributed by atoms with Gasteiger partial charge in [0, 0.05) is 5.69 Å². The molecule has 0 bridgehead atoms. The number of aryl methyl sites for hydroxylation is 1. The van der Waals surface area contributed by atoms with Crippen molar-refractivity contribution in [3.05, 3.63) is 24.0 Å². The summed E-state index contributed by atoms with van der Waals surface area (Å²) in [6, 6.07) is 5.48. The lowest BCUT2D eigenvalue weighted by molar-refractivity contribution is -0.113. The minimum absolute atomic E-state index is 0.0416. The fraction of sp³-hybridized carbons (Fsp3) is 0.200. The Balaban J connectivity index is 2.33. The molecule has 0 spiro atoms. The standard InChI is InChI=1S/C10H10ClN3O/c1-6-12-8-3-2-7(4-9(8)13-6)14-10(15)5-11/h2-4H,5H2,1H3,(H,12,13)(H,14,15). The highest BCUT2D eigenvalue weighted by Gasteiger charge is 2.03. The molecular weight excluding hydrogens is 214 g/mol. The van der Waals surface area contributed by atoms with Crippen LogP contribution in [0.4, 0.5) is 5.69 Å². The van der Waals surface area contributed by atoms with Gasteiger partial charge in [0.15, 0.2) is 0 Å². The number of anilines is 1. The Bertz CT molecular complexity index is 506. The molecule has 0 aliphatic carbocycles. The molecule has 4 nitrogen and oxygen atoms in total. The van der Waals surface area contributed by atoms with E-state index in [1.165, 1.54) is 0 Å². The first-order valence-electron chi connectivity index (χ1n) is 4.51. The summed E-state index contributed by atoms with van der Waals surface area (Å²) in [6.45, 7) is 1.89. The number of halogens is 1. The van der Waals surface area contributed by atoms with Crippen LogP contribution in [-0.4, -0.2) is 21.8 Å². The van der Waals surface area contributed by atoms with Crippen molar-refractivity contribution in [3.63, 3.8) is 0 Å². The van der Waals surface area contributed by atoms with E-state index in [0.29, 0.717) is 0 Å². The maximum Gasteiger partial charge on any atom is 0.239 e. The van der Waals surface area contributed by atoms with E-state index < -0.39 is 0 Å². The van der Waals surface area contributed by atoms with Gasteiger partial charge in [-0.2, -0.15) is 0 Å². The first-order valence-corrected chi connectivity index (χ1v) is 5.04. The first kappa shape index (κ1) is 9.98. The molecule has 0 unspecified atom stereocenters. The summed E-state index contributed by atoms with van der Waals surface area (Å²) in [6.07, 6.45) is 0. The number of carbonyl (C=O) groups is 1. The van der Waals surface area contributed by atoms with Crippen molar-refractivity contribution < 1.29 is 4.79 Å². The minimum atomic E-state index is -0.216. The number of imidazole rings is 1. The number of benzene rings is 1. The Morgan fingerprint density at radius 1 is 1.60 bits per heavy atom. The Morgan fingerprint density at radius 2 is 2.40 bits per heavy atom. The van der Waals surface area contributed by atoms with E-state index in [0.717, 1.165) is 22.5 Å². The van der Waals surface area contributed by atoms with Gasteiger partial charge in [0.25, 0.3) is 0 Å². The highest BCUT2D eigenvalue weighted by molar-refractivity contribution is 6.29. The summed E-state index contributed by atoms with van der Waals surface area (Å²) in [4.78, 5) is 18.4. The van der Waals surface area contributed by atoms with Crippen molar-refractivity contribution in [1.82, 2.24) is 9.97 Å². The van der Waals surface area contributed by atoms with Gasteiger partial charge in [-0.3, -0.25) is 4.79 Å². The van der Waals surface area contributed by atoms with E-state index in [4.69, 9.17) is 11.6 Å². The van der Waals surface area contributed by atoms with Gasteiger partial charge in [-0.05, 0) is 25.1 Å². The second-order valence-corrected chi connectivity index (χ2v) is 3.50. The highest BCUT2D eigenvalue weighted by atomic mass is 35.5. The Labute approximate surface area is 91.7 Å². The van der Waals surface area contributed by atoms with E-state index in [2.05, 4.69) is 15.3 Å². The number of carbonyl (C=O) groups excluding carboxylic acids is 1. The number of H-pyrrole nitrogens is 1. The quantitative estimate of drug-likeness (QED) is 0.766. The molecule has 0 atom stereocenters. The second kappa shape index (κ2) is 3.90. The van der Waals surface area contributed by atoms with Crippen molar-refractivity contribution in [3.8, 4) is 0 Å². The van der Waals surface area contributed by atoms with Gasteiger partial charge in [0.05, 0.1) is 11.0 Å².